The first-order chi connectivity index (χ1) is 10.6. The van der Waals surface area contributed by atoms with E-state index in [1.807, 2.05) is 12.1 Å². The van der Waals surface area contributed by atoms with E-state index >= 15 is 0 Å². The molecule has 1 heterocycles. The lowest BCUT2D eigenvalue weighted by molar-refractivity contribution is -0.134. The first-order valence-electron chi connectivity index (χ1n) is 7.18. The van der Waals surface area contributed by atoms with Crippen LogP contribution in [0.5, 0.6) is 0 Å². The Morgan fingerprint density at radius 1 is 1.45 bits per heavy atom. The standard InChI is InChI=1S/C16H17ClN4O/c1-12(17)8-21(16(22)9-20-11-18-10-19-20)15-7-6-13-4-2-3-5-14(13)15/h2-5,10-11,15H,1,6-9H2. The molecule has 6 heteroatoms. The number of benzene rings is 1. The molecule has 1 amide bonds. The number of aromatic nitrogens is 3. The fourth-order valence-electron chi connectivity index (χ4n) is 2.96. The predicted octanol–water partition coefficient (Wildman–Crippen LogP) is 2.55. The summed E-state index contributed by atoms with van der Waals surface area (Å²) in [5.41, 5.74) is 2.50. The van der Waals surface area contributed by atoms with Crippen molar-refractivity contribution < 1.29 is 4.79 Å². The van der Waals surface area contributed by atoms with E-state index in [1.54, 1.807) is 4.90 Å². The monoisotopic (exact) mass is 316 g/mol. The van der Waals surface area contributed by atoms with E-state index in [1.165, 1.54) is 28.5 Å². The van der Waals surface area contributed by atoms with Crippen molar-refractivity contribution in [2.24, 2.45) is 0 Å². The molecule has 0 aliphatic heterocycles. The van der Waals surface area contributed by atoms with Gasteiger partial charge in [-0.15, -0.1) is 0 Å². The van der Waals surface area contributed by atoms with Crippen LogP contribution in [-0.4, -0.2) is 32.1 Å². The molecule has 5 nitrogen and oxygen atoms in total. The third-order valence-corrected chi connectivity index (χ3v) is 4.02. The van der Waals surface area contributed by atoms with E-state index in [0.29, 0.717) is 11.6 Å². The Balaban J connectivity index is 1.84. The number of carbonyl (C=O) groups excluding carboxylic acids is 1. The molecule has 0 bridgehead atoms. The van der Waals surface area contributed by atoms with Crippen molar-refractivity contribution in [1.82, 2.24) is 19.7 Å². The van der Waals surface area contributed by atoms with Gasteiger partial charge in [0.15, 0.2) is 0 Å². The van der Waals surface area contributed by atoms with Gasteiger partial charge in [-0.3, -0.25) is 4.79 Å². The number of hydrogen-bond donors (Lipinski definition) is 0. The van der Waals surface area contributed by atoms with Crippen molar-refractivity contribution in [3.05, 3.63) is 59.7 Å². The summed E-state index contributed by atoms with van der Waals surface area (Å²) in [6.07, 6.45) is 4.84. The van der Waals surface area contributed by atoms with Crippen LogP contribution < -0.4 is 0 Å². The third kappa shape index (κ3) is 3.04. The van der Waals surface area contributed by atoms with Crippen molar-refractivity contribution in [3.63, 3.8) is 0 Å². The lowest BCUT2D eigenvalue weighted by atomic mass is 10.1. The van der Waals surface area contributed by atoms with Crippen LogP contribution in [-0.2, 0) is 17.8 Å². The molecule has 1 aliphatic rings. The molecule has 0 spiro atoms. The van der Waals surface area contributed by atoms with Crippen LogP contribution in [0.1, 0.15) is 23.6 Å². The average molecular weight is 317 g/mol. The molecule has 1 unspecified atom stereocenters. The zero-order valence-electron chi connectivity index (χ0n) is 12.2. The summed E-state index contributed by atoms with van der Waals surface area (Å²) < 4.78 is 1.52. The highest BCUT2D eigenvalue weighted by Crippen LogP contribution is 2.36. The summed E-state index contributed by atoms with van der Waals surface area (Å²) in [6, 6.07) is 8.28. The number of hydrogen-bond acceptors (Lipinski definition) is 3. The molecule has 1 atom stereocenters. The quantitative estimate of drug-likeness (QED) is 0.852. The van der Waals surface area contributed by atoms with Gasteiger partial charge in [0.25, 0.3) is 0 Å². The Morgan fingerprint density at radius 3 is 3.00 bits per heavy atom. The third-order valence-electron chi connectivity index (χ3n) is 3.90. The fraction of sp³-hybridized carbons (Fsp3) is 0.312. The topological polar surface area (TPSA) is 51.0 Å². The predicted molar refractivity (Wildman–Crippen MR) is 84.2 cm³/mol. The fourth-order valence-corrected chi connectivity index (χ4v) is 3.09. The summed E-state index contributed by atoms with van der Waals surface area (Å²) in [4.78, 5) is 18.3. The lowest BCUT2D eigenvalue weighted by Gasteiger charge is -2.29. The Morgan fingerprint density at radius 2 is 2.27 bits per heavy atom. The summed E-state index contributed by atoms with van der Waals surface area (Å²) in [6.45, 7) is 4.24. The van der Waals surface area contributed by atoms with Crippen LogP contribution in [0.15, 0.2) is 48.5 Å². The first-order valence-corrected chi connectivity index (χ1v) is 7.56. The second-order valence-electron chi connectivity index (χ2n) is 5.39. The maximum Gasteiger partial charge on any atom is 0.245 e. The second kappa shape index (κ2) is 6.32. The minimum Gasteiger partial charge on any atom is -0.329 e. The maximum absolute atomic E-state index is 12.7. The summed E-state index contributed by atoms with van der Waals surface area (Å²) >= 11 is 5.98. The number of halogens is 1. The highest BCUT2D eigenvalue weighted by Gasteiger charge is 2.31. The molecule has 0 radical (unpaired) electrons. The van der Waals surface area contributed by atoms with Gasteiger partial charge in [0.1, 0.15) is 19.2 Å². The molecule has 0 fully saturated rings. The van der Waals surface area contributed by atoms with Crippen LogP contribution >= 0.6 is 11.6 Å². The van der Waals surface area contributed by atoms with E-state index in [4.69, 9.17) is 11.6 Å². The molecule has 1 aromatic carbocycles. The van der Waals surface area contributed by atoms with Gasteiger partial charge in [-0.05, 0) is 24.0 Å². The van der Waals surface area contributed by atoms with Gasteiger partial charge in [0.2, 0.25) is 5.91 Å². The van der Waals surface area contributed by atoms with Gasteiger partial charge in [0.05, 0.1) is 12.6 Å². The van der Waals surface area contributed by atoms with Crippen molar-refractivity contribution in [2.45, 2.75) is 25.4 Å². The lowest BCUT2D eigenvalue weighted by Crippen LogP contribution is -2.37. The van der Waals surface area contributed by atoms with Crippen molar-refractivity contribution >= 4 is 17.5 Å². The Hall–Kier alpha value is -2.14. The van der Waals surface area contributed by atoms with Gasteiger partial charge >= 0.3 is 0 Å². The van der Waals surface area contributed by atoms with E-state index in [-0.39, 0.29) is 18.5 Å². The molecule has 22 heavy (non-hydrogen) atoms. The molecule has 1 aromatic heterocycles. The molecule has 114 valence electrons. The van der Waals surface area contributed by atoms with Crippen LogP contribution in [0.3, 0.4) is 0 Å². The van der Waals surface area contributed by atoms with E-state index < -0.39 is 0 Å². The summed E-state index contributed by atoms with van der Waals surface area (Å²) in [5, 5.41) is 4.45. The minimum atomic E-state index is -0.0333. The van der Waals surface area contributed by atoms with Gasteiger partial charge in [0, 0.05) is 5.03 Å². The SMILES string of the molecule is C=C(Cl)CN(C(=O)Cn1cncn1)C1CCc2ccccc21. The normalized spacial score (nSPS) is 16.3. The van der Waals surface area contributed by atoms with E-state index in [9.17, 15) is 4.79 Å². The molecule has 2 aromatic rings. The Kier molecular flexibility index (Phi) is 4.24. The highest BCUT2D eigenvalue weighted by atomic mass is 35.5. The molecular weight excluding hydrogens is 300 g/mol. The number of nitrogens with zero attached hydrogens (tertiary/aromatic N) is 4. The van der Waals surface area contributed by atoms with E-state index in [0.717, 1.165) is 12.8 Å². The van der Waals surface area contributed by atoms with Gasteiger partial charge in [-0.1, -0.05) is 42.4 Å². The zero-order valence-corrected chi connectivity index (χ0v) is 12.9. The molecule has 0 saturated heterocycles. The van der Waals surface area contributed by atoms with Crippen molar-refractivity contribution in [2.75, 3.05) is 6.54 Å². The van der Waals surface area contributed by atoms with Gasteiger partial charge < -0.3 is 4.90 Å². The van der Waals surface area contributed by atoms with Crippen molar-refractivity contribution in [3.8, 4) is 0 Å². The van der Waals surface area contributed by atoms with Gasteiger partial charge in [-0.25, -0.2) is 9.67 Å². The number of fused-ring (bicyclic) bond motifs is 1. The highest BCUT2D eigenvalue weighted by molar-refractivity contribution is 6.29. The second-order valence-corrected chi connectivity index (χ2v) is 5.92. The van der Waals surface area contributed by atoms with Crippen molar-refractivity contribution in [1.29, 1.82) is 0 Å². The van der Waals surface area contributed by atoms with E-state index in [2.05, 4.69) is 28.8 Å². The summed E-state index contributed by atoms with van der Waals surface area (Å²) in [7, 11) is 0. The van der Waals surface area contributed by atoms with Crippen LogP contribution in [0.4, 0.5) is 0 Å². The molecular formula is C16H17ClN4O. The van der Waals surface area contributed by atoms with Crippen LogP contribution in [0.2, 0.25) is 0 Å². The molecule has 1 aliphatic carbocycles. The largest absolute Gasteiger partial charge is 0.329 e. The number of carbonyl (C=O) groups is 1. The number of aryl methyl sites for hydroxylation is 1. The Labute approximate surface area is 134 Å². The first kappa shape index (κ1) is 14.8. The molecule has 0 N–H and O–H groups in total. The number of rotatable bonds is 5. The maximum atomic E-state index is 12.7. The molecule has 0 saturated carbocycles. The van der Waals surface area contributed by atoms with Crippen LogP contribution in [0, 0.1) is 0 Å². The number of amides is 1. The minimum absolute atomic E-state index is 0.0333. The average Bonchev–Trinajstić information content (AvgIpc) is 3.13. The van der Waals surface area contributed by atoms with Gasteiger partial charge in [-0.2, -0.15) is 5.10 Å². The summed E-state index contributed by atoms with van der Waals surface area (Å²) in [5.74, 6) is -0.0333. The zero-order chi connectivity index (χ0) is 15.5. The van der Waals surface area contributed by atoms with Crippen LogP contribution in [0.25, 0.3) is 0 Å². The Bertz CT molecular complexity index is 683. The molecule has 3 rings (SSSR count). The smallest absolute Gasteiger partial charge is 0.245 e.